The molecule has 2 atom stereocenters. The van der Waals surface area contributed by atoms with Gasteiger partial charge >= 0.3 is 0 Å². The Balaban J connectivity index is 1.91. The molecule has 0 radical (unpaired) electrons. The average Bonchev–Trinajstić information content (AvgIpc) is 2.62. The van der Waals surface area contributed by atoms with Gasteiger partial charge in [-0.3, -0.25) is 4.79 Å². The highest BCUT2D eigenvalue weighted by Crippen LogP contribution is 2.27. The number of amides is 1. The summed E-state index contributed by atoms with van der Waals surface area (Å²) in [4.78, 5) is 15.6. The first-order valence-corrected chi connectivity index (χ1v) is 4.72. The maximum atomic E-state index is 11.7. The molecule has 74 valence electrons. The highest BCUT2D eigenvalue weighted by Gasteiger charge is 2.41. The third-order valence-corrected chi connectivity index (χ3v) is 2.67. The Labute approximate surface area is 78.4 Å². The van der Waals surface area contributed by atoms with Crippen LogP contribution in [-0.4, -0.2) is 61.6 Å². The van der Waals surface area contributed by atoms with Crippen LogP contribution in [0.1, 0.15) is 6.42 Å². The van der Waals surface area contributed by atoms with Gasteiger partial charge in [0.15, 0.2) is 0 Å². The van der Waals surface area contributed by atoms with Gasteiger partial charge in [0.25, 0.3) is 0 Å². The summed E-state index contributed by atoms with van der Waals surface area (Å²) in [5.41, 5.74) is 0. The van der Waals surface area contributed by atoms with E-state index in [0.29, 0.717) is 18.7 Å². The molecule has 2 fully saturated rings. The van der Waals surface area contributed by atoms with Crippen LogP contribution >= 0.6 is 0 Å². The lowest BCUT2D eigenvalue weighted by Gasteiger charge is -2.27. The minimum Gasteiger partial charge on any atom is -0.374 e. The molecule has 0 aliphatic carbocycles. The van der Waals surface area contributed by atoms with Crippen LogP contribution in [0.5, 0.6) is 0 Å². The number of likely N-dealkylation sites (tertiary alicyclic amines) is 1. The van der Waals surface area contributed by atoms with Crippen LogP contribution < -0.4 is 0 Å². The van der Waals surface area contributed by atoms with E-state index in [1.54, 1.807) is 0 Å². The van der Waals surface area contributed by atoms with Gasteiger partial charge in [-0.15, -0.1) is 0 Å². The quantitative estimate of drug-likeness (QED) is 0.582. The summed E-state index contributed by atoms with van der Waals surface area (Å²) < 4.78 is 5.43. The first-order chi connectivity index (χ1) is 6.16. The largest absolute Gasteiger partial charge is 0.374 e. The van der Waals surface area contributed by atoms with Crippen molar-refractivity contribution in [3.63, 3.8) is 0 Å². The van der Waals surface area contributed by atoms with Crippen LogP contribution in [0.3, 0.4) is 0 Å². The number of ether oxygens (including phenoxy) is 1. The van der Waals surface area contributed by atoms with E-state index in [2.05, 4.69) is 0 Å². The molecule has 2 bridgehead atoms. The van der Waals surface area contributed by atoms with Gasteiger partial charge in [-0.2, -0.15) is 0 Å². The van der Waals surface area contributed by atoms with Crippen LogP contribution in [0.25, 0.3) is 0 Å². The molecule has 2 aliphatic heterocycles. The van der Waals surface area contributed by atoms with E-state index in [0.717, 1.165) is 19.6 Å². The van der Waals surface area contributed by atoms with E-state index in [-0.39, 0.29) is 5.91 Å². The molecule has 2 unspecified atom stereocenters. The van der Waals surface area contributed by atoms with Gasteiger partial charge in [0.2, 0.25) is 5.91 Å². The minimum absolute atomic E-state index is 0.237. The second-order valence-electron chi connectivity index (χ2n) is 4.13. The molecule has 0 spiro atoms. The van der Waals surface area contributed by atoms with E-state index < -0.39 is 0 Å². The fourth-order valence-electron chi connectivity index (χ4n) is 2.07. The summed E-state index contributed by atoms with van der Waals surface area (Å²) in [5.74, 6) is 0.237. The van der Waals surface area contributed by atoms with Crippen molar-refractivity contribution >= 4 is 5.91 Å². The zero-order valence-electron chi connectivity index (χ0n) is 8.19. The summed E-state index contributed by atoms with van der Waals surface area (Å²) in [6, 6.07) is 0.359. The lowest BCUT2D eigenvalue weighted by molar-refractivity contribution is -0.136. The molecule has 0 N–H and O–H groups in total. The Bertz CT molecular complexity index is 218. The van der Waals surface area contributed by atoms with Crippen molar-refractivity contribution in [2.24, 2.45) is 0 Å². The average molecular weight is 184 g/mol. The van der Waals surface area contributed by atoms with Crippen molar-refractivity contribution in [2.75, 3.05) is 33.8 Å². The van der Waals surface area contributed by atoms with Gasteiger partial charge in [-0.1, -0.05) is 0 Å². The smallest absolute Gasteiger partial charge is 0.237 e. The van der Waals surface area contributed by atoms with Crippen LogP contribution in [-0.2, 0) is 9.53 Å². The van der Waals surface area contributed by atoms with E-state index in [9.17, 15) is 4.79 Å². The van der Waals surface area contributed by atoms with Crippen molar-refractivity contribution in [1.82, 2.24) is 9.80 Å². The van der Waals surface area contributed by atoms with Crippen molar-refractivity contribution in [1.29, 1.82) is 0 Å². The van der Waals surface area contributed by atoms with Crippen LogP contribution in [0.4, 0.5) is 0 Å². The Morgan fingerprint density at radius 2 is 2.38 bits per heavy atom. The number of fused-ring (bicyclic) bond motifs is 2. The monoisotopic (exact) mass is 184 g/mol. The number of nitrogens with zero attached hydrogens (tertiary/aromatic N) is 2. The van der Waals surface area contributed by atoms with Crippen LogP contribution in [0.2, 0.25) is 0 Å². The van der Waals surface area contributed by atoms with Gasteiger partial charge in [0.1, 0.15) is 0 Å². The molecule has 4 nitrogen and oxygen atoms in total. The highest BCUT2D eigenvalue weighted by molar-refractivity contribution is 5.79. The van der Waals surface area contributed by atoms with Crippen molar-refractivity contribution in [2.45, 2.75) is 18.6 Å². The van der Waals surface area contributed by atoms with Crippen molar-refractivity contribution in [3.05, 3.63) is 0 Å². The first-order valence-electron chi connectivity index (χ1n) is 4.72. The molecule has 2 saturated heterocycles. The van der Waals surface area contributed by atoms with Crippen molar-refractivity contribution < 1.29 is 9.53 Å². The number of hydrogen-bond donors (Lipinski definition) is 0. The fourth-order valence-corrected chi connectivity index (χ4v) is 2.07. The van der Waals surface area contributed by atoms with Crippen LogP contribution in [0, 0.1) is 0 Å². The Kier molecular flexibility index (Phi) is 2.26. The lowest BCUT2D eigenvalue weighted by Crippen LogP contribution is -2.45. The summed E-state index contributed by atoms with van der Waals surface area (Å²) >= 11 is 0. The molecule has 2 heterocycles. The standard InChI is InChI=1S/C9H16N2O2/c1-10(2)5-9(12)11-4-8-3-7(11)6-13-8/h7-8H,3-6H2,1-2H3. The predicted molar refractivity (Wildman–Crippen MR) is 48.4 cm³/mol. The van der Waals surface area contributed by atoms with Gasteiger partial charge in [-0.25, -0.2) is 0 Å². The number of likely N-dealkylation sites (N-methyl/N-ethyl adjacent to an activating group) is 1. The Morgan fingerprint density at radius 3 is 2.85 bits per heavy atom. The molecule has 13 heavy (non-hydrogen) atoms. The Hall–Kier alpha value is -0.610. The van der Waals surface area contributed by atoms with Gasteiger partial charge < -0.3 is 14.5 Å². The second-order valence-corrected chi connectivity index (χ2v) is 4.13. The van der Waals surface area contributed by atoms with E-state index in [4.69, 9.17) is 4.74 Å². The summed E-state index contributed by atoms with van der Waals surface area (Å²) in [6.07, 6.45) is 1.36. The third-order valence-electron chi connectivity index (χ3n) is 2.67. The second kappa shape index (κ2) is 3.27. The van der Waals surface area contributed by atoms with E-state index in [1.165, 1.54) is 0 Å². The molecular formula is C9H16N2O2. The summed E-state index contributed by atoms with van der Waals surface area (Å²) in [7, 11) is 3.84. The normalized spacial score (nSPS) is 31.8. The Morgan fingerprint density at radius 1 is 1.62 bits per heavy atom. The summed E-state index contributed by atoms with van der Waals surface area (Å²) in [6.45, 7) is 2.06. The zero-order valence-corrected chi connectivity index (χ0v) is 8.19. The number of hydrogen-bond acceptors (Lipinski definition) is 3. The molecule has 2 rings (SSSR count). The molecule has 0 aromatic rings. The lowest BCUT2D eigenvalue weighted by atomic mass is 10.2. The highest BCUT2D eigenvalue weighted by atomic mass is 16.5. The molecule has 1 amide bonds. The van der Waals surface area contributed by atoms with E-state index in [1.807, 2.05) is 23.9 Å². The predicted octanol–water partition coefficient (Wildman–Crippen LogP) is -0.452. The molecule has 4 heteroatoms. The molecule has 0 aromatic carbocycles. The topological polar surface area (TPSA) is 32.8 Å². The number of morpholine rings is 1. The number of carbonyl (C=O) groups is 1. The maximum Gasteiger partial charge on any atom is 0.237 e. The molecule has 2 aliphatic rings. The SMILES string of the molecule is CN(C)CC(=O)N1CC2CC1CO2. The maximum absolute atomic E-state index is 11.7. The molecule has 0 aromatic heterocycles. The number of carbonyl (C=O) groups excluding carboxylic acids is 1. The third kappa shape index (κ3) is 1.69. The van der Waals surface area contributed by atoms with E-state index >= 15 is 0 Å². The van der Waals surface area contributed by atoms with Crippen LogP contribution in [0.15, 0.2) is 0 Å². The first kappa shape index (κ1) is 8.97. The fraction of sp³-hybridized carbons (Fsp3) is 0.889. The van der Waals surface area contributed by atoms with Gasteiger partial charge in [0.05, 0.1) is 25.3 Å². The molecule has 0 saturated carbocycles. The minimum atomic E-state index is 0.237. The summed E-state index contributed by atoms with van der Waals surface area (Å²) in [5, 5.41) is 0. The number of rotatable bonds is 2. The van der Waals surface area contributed by atoms with Gasteiger partial charge in [-0.05, 0) is 20.5 Å². The zero-order chi connectivity index (χ0) is 9.42. The van der Waals surface area contributed by atoms with Gasteiger partial charge in [0, 0.05) is 6.54 Å². The van der Waals surface area contributed by atoms with Crippen molar-refractivity contribution in [3.8, 4) is 0 Å². The molecular weight excluding hydrogens is 168 g/mol.